The minimum absolute atomic E-state index is 0.0589. The minimum Gasteiger partial charge on any atom is -0.481 e. The van der Waals surface area contributed by atoms with Crippen LogP contribution in [0.1, 0.15) is 24.9 Å². The van der Waals surface area contributed by atoms with Crippen molar-refractivity contribution in [1.29, 1.82) is 0 Å². The second-order valence-corrected chi connectivity index (χ2v) is 6.16. The molecule has 19 heavy (non-hydrogen) atoms. The van der Waals surface area contributed by atoms with Gasteiger partial charge in [-0.2, -0.15) is 0 Å². The zero-order chi connectivity index (χ0) is 13.6. The van der Waals surface area contributed by atoms with Crippen LogP contribution in [0.5, 0.6) is 0 Å². The number of hydrogen-bond acceptors (Lipinski definition) is 3. The number of carbonyl (C=O) groups is 1. The lowest BCUT2D eigenvalue weighted by Gasteiger charge is -2.06. The number of carboxylic acids is 1. The molecule has 1 aliphatic rings. The lowest BCUT2D eigenvalue weighted by Crippen LogP contribution is -2.02. The molecule has 2 unspecified atom stereocenters. The number of imidazole rings is 1. The number of aromatic nitrogens is 2. The number of aryl methyl sites for hydroxylation is 1. The van der Waals surface area contributed by atoms with Crippen LogP contribution in [-0.2, 0) is 4.79 Å². The van der Waals surface area contributed by atoms with Gasteiger partial charge in [-0.3, -0.25) is 4.79 Å². The summed E-state index contributed by atoms with van der Waals surface area (Å²) >= 11 is 1.31. The average Bonchev–Trinajstić information content (AvgIpc) is 2.95. The Labute approximate surface area is 115 Å². The maximum absolute atomic E-state index is 10.7. The molecule has 0 bridgehead atoms. The third-order valence-corrected chi connectivity index (χ3v) is 4.47. The summed E-state index contributed by atoms with van der Waals surface area (Å²) in [6.45, 7) is 4.26. The highest BCUT2D eigenvalue weighted by Crippen LogP contribution is 2.46. The molecular formula is C14H16N2O2S. The number of thioether (sulfide) groups is 1. The van der Waals surface area contributed by atoms with E-state index >= 15 is 0 Å². The zero-order valence-corrected chi connectivity index (χ0v) is 11.8. The smallest absolute Gasteiger partial charge is 0.313 e. The van der Waals surface area contributed by atoms with Crippen molar-refractivity contribution in [2.75, 3.05) is 5.75 Å². The van der Waals surface area contributed by atoms with E-state index in [4.69, 9.17) is 5.11 Å². The predicted molar refractivity (Wildman–Crippen MR) is 75.6 cm³/mol. The second kappa shape index (κ2) is 4.56. The van der Waals surface area contributed by atoms with Crippen LogP contribution >= 0.6 is 11.8 Å². The van der Waals surface area contributed by atoms with Gasteiger partial charge in [-0.1, -0.05) is 24.8 Å². The van der Waals surface area contributed by atoms with Gasteiger partial charge < -0.3 is 9.67 Å². The third-order valence-electron chi connectivity index (χ3n) is 3.54. The molecule has 5 heteroatoms. The van der Waals surface area contributed by atoms with Crippen molar-refractivity contribution in [2.24, 2.45) is 5.92 Å². The zero-order valence-electron chi connectivity index (χ0n) is 11.0. The third kappa shape index (κ3) is 2.34. The Kier molecular flexibility index (Phi) is 3.01. The van der Waals surface area contributed by atoms with Gasteiger partial charge in [0.2, 0.25) is 0 Å². The van der Waals surface area contributed by atoms with E-state index in [1.165, 1.54) is 17.3 Å². The fourth-order valence-corrected chi connectivity index (χ4v) is 3.19. The summed E-state index contributed by atoms with van der Waals surface area (Å²) in [6.07, 6.45) is 1.15. The van der Waals surface area contributed by atoms with Gasteiger partial charge >= 0.3 is 5.97 Å². The van der Waals surface area contributed by atoms with Gasteiger partial charge in [-0.05, 0) is 37.0 Å². The highest BCUT2D eigenvalue weighted by atomic mass is 32.2. The van der Waals surface area contributed by atoms with E-state index in [-0.39, 0.29) is 5.75 Å². The first kappa shape index (κ1) is 12.5. The average molecular weight is 276 g/mol. The number of hydrogen-bond donors (Lipinski definition) is 1. The van der Waals surface area contributed by atoms with Crippen LogP contribution in [0.2, 0.25) is 0 Å². The van der Waals surface area contributed by atoms with Crippen LogP contribution in [0, 0.1) is 12.8 Å². The summed E-state index contributed by atoms with van der Waals surface area (Å²) in [5, 5.41) is 9.66. The first-order valence-corrected chi connectivity index (χ1v) is 7.38. The Bertz CT molecular complexity index is 650. The molecule has 2 aromatic rings. The molecule has 1 heterocycles. The normalized spacial score (nSPS) is 21.8. The summed E-state index contributed by atoms with van der Waals surface area (Å²) in [5.74, 6) is -0.0878. The van der Waals surface area contributed by atoms with E-state index in [1.807, 2.05) is 6.92 Å². The molecule has 1 aromatic carbocycles. The summed E-state index contributed by atoms with van der Waals surface area (Å²) < 4.78 is 2.22. The second-order valence-electron chi connectivity index (χ2n) is 5.22. The summed E-state index contributed by atoms with van der Waals surface area (Å²) in [7, 11) is 0. The largest absolute Gasteiger partial charge is 0.481 e. The molecule has 1 N–H and O–H groups in total. The lowest BCUT2D eigenvalue weighted by atomic mass is 10.2. The Morgan fingerprint density at radius 3 is 2.95 bits per heavy atom. The number of fused-ring (bicyclic) bond motifs is 1. The van der Waals surface area contributed by atoms with E-state index in [2.05, 4.69) is 34.7 Å². The molecule has 0 amide bonds. The molecular weight excluding hydrogens is 260 g/mol. The van der Waals surface area contributed by atoms with Crippen molar-refractivity contribution in [3.8, 4) is 0 Å². The van der Waals surface area contributed by atoms with Crippen LogP contribution in [0.3, 0.4) is 0 Å². The Hall–Kier alpha value is -1.49. The van der Waals surface area contributed by atoms with Gasteiger partial charge in [0.1, 0.15) is 0 Å². The van der Waals surface area contributed by atoms with Gasteiger partial charge in [-0.15, -0.1) is 0 Å². The quantitative estimate of drug-likeness (QED) is 0.872. The molecule has 2 atom stereocenters. The number of benzene rings is 1. The van der Waals surface area contributed by atoms with Gasteiger partial charge in [0.05, 0.1) is 16.8 Å². The minimum atomic E-state index is -0.802. The van der Waals surface area contributed by atoms with E-state index in [0.717, 1.165) is 22.6 Å². The number of carboxylic acid groups (broad SMARTS) is 1. The summed E-state index contributed by atoms with van der Waals surface area (Å²) in [4.78, 5) is 15.3. The Morgan fingerprint density at radius 2 is 2.32 bits per heavy atom. The Morgan fingerprint density at radius 1 is 1.58 bits per heavy atom. The lowest BCUT2D eigenvalue weighted by molar-refractivity contribution is -0.133. The monoisotopic (exact) mass is 276 g/mol. The van der Waals surface area contributed by atoms with Crippen LogP contribution in [0.15, 0.2) is 23.4 Å². The van der Waals surface area contributed by atoms with Crippen LogP contribution in [0.25, 0.3) is 11.0 Å². The molecule has 1 aliphatic carbocycles. The fourth-order valence-electron chi connectivity index (χ4n) is 2.40. The highest BCUT2D eigenvalue weighted by Gasteiger charge is 2.37. The Balaban J connectivity index is 2.05. The van der Waals surface area contributed by atoms with Crippen molar-refractivity contribution in [3.05, 3.63) is 23.8 Å². The van der Waals surface area contributed by atoms with Crippen LogP contribution in [0.4, 0.5) is 0 Å². The predicted octanol–water partition coefficient (Wildman–Crippen LogP) is 3.10. The van der Waals surface area contributed by atoms with Gasteiger partial charge in [-0.25, -0.2) is 4.98 Å². The number of rotatable bonds is 4. The first-order valence-electron chi connectivity index (χ1n) is 6.39. The molecule has 0 aliphatic heterocycles. The van der Waals surface area contributed by atoms with Crippen molar-refractivity contribution < 1.29 is 9.90 Å². The maximum Gasteiger partial charge on any atom is 0.313 e. The van der Waals surface area contributed by atoms with Gasteiger partial charge in [0.15, 0.2) is 5.16 Å². The molecule has 1 fully saturated rings. The van der Waals surface area contributed by atoms with E-state index in [1.54, 1.807) is 0 Å². The molecule has 0 radical (unpaired) electrons. The van der Waals surface area contributed by atoms with Gasteiger partial charge in [0.25, 0.3) is 0 Å². The van der Waals surface area contributed by atoms with Gasteiger partial charge in [0, 0.05) is 6.04 Å². The summed E-state index contributed by atoms with van der Waals surface area (Å²) in [5.41, 5.74) is 3.26. The molecule has 1 saturated carbocycles. The van der Waals surface area contributed by atoms with Crippen LogP contribution in [-0.4, -0.2) is 26.4 Å². The van der Waals surface area contributed by atoms with Crippen molar-refractivity contribution in [1.82, 2.24) is 9.55 Å². The van der Waals surface area contributed by atoms with E-state index in [9.17, 15) is 4.79 Å². The van der Waals surface area contributed by atoms with E-state index < -0.39 is 5.97 Å². The fraction of sp³-hybridized carbons (Fsp3) is 0.429. The van der Waals surface area contributed by atoms with Crippen LogP contribution < -0.4 is 0 Å². The molecule has 0 spiro atoms. The molecule has 4 nitrogen and oxygen atoms in total. The SMILES string of the molecule is Cc1ccc2c(c1)nc(SCC(=O)O)n2C1CC1C. The number of aliphatic carboxylic acids is 1. The van der Waals surface area contributed by atoms with Crippen molar-refractivity contribution in [3.63, 3.8) is 0 Å². The topological polar surface area (TPSA) is 55.1 Å². The maximum atomic E-state index is 10.7. The van der Waals surface area contributed by atoms with Crippen molar-refractivity contribution >= 4 is 28.8 Å². The molecule has 3 rings (SSSR count). The number of nitrogens with zero attached hydrogens (tertiary/aromatic N) is 2. The highest BCUT2D eigenvalue weighted by molar-refractivity contribution is 7.99. The van der Waals surface area contributed by atoms with E-state index in [0.29, 0.717) is 12.0 Å². The molecule has 1 aromatic heterocycles. The molecule has 0 saturated heterocycles. The molecule has 100 valence electrons. The standard InChI is InChI=1S/C14H16N2O2S/c1-8-3-4-11-10(5-8)15-14(19-7-13(17)18)16(11)12-6-9(12)2/h3-5,9,12H,6-7H2,1-2H3,(H,17,18). The first-order chi connectivity index (χ1) is 9.06. The van der Waals surface area contributed by atoms with Crippen molar-refractivity contribution in [2.45, 2.75) is 31.5 Å². The summed E-state index contributed by atoms with van der Waals surface area (Å²) in [6, 6.07) is 6.71.